The molecule has 38 heavy (non-hydrogen) atoms. The van der Waals surface area contributed by atoms with Crippen LogP contribution in [0.5, 0.6) is 0 Å². The van der Waals surface area contributed by atoms with Crippen LogP contribution in [-0.2, 0) is 22.6 Å². The summed E-state index contributed by atoms with van der Waals surface area (Å²) in [6.07, 6.45) is 7.86. The van der Waals surface area contributed by atoms with Gasteiger partial charge in [0.05, 0.1) is 6.04 Å². The highest BCUT2D eigenvalue weighted by Gasteiger charge is 2.33. The fraction of sp³-hybridized carbons (Fsp3) is 0.393. The monoisotopic (exact) mass is 542 g/mol. The molecule has 1 aromatic heterocycles. The zero-order valence-electron chi connectivity index (χ0n) is 22.1. The van der Waals surface area contributed by atoms with Crippen molar-refractivity contribution in [3.05, 3.63) is 64.5 Å². The number of carbonyl (C=O) groups excluding carboxylic acids is 4. The lowest BCUT2D eigenvalue weighted by Gasteiger charge is -2.22. The molecular weight excluding hydrogens is 507 g/mol. The summed E-state index contributed by atoms with van der Waals surface area (Å²) in [5.74, 6) is 6.17. The molecule has 1 atom stereocenters. The van der Waals surface area contributed by atoms with E-state index in [0.29, 0.717) is 24.1 Å². The van der Waals surface area contributed by atoms with Gasteiger partial charge >= 0.3 is 0 Å². The maximum Gasteiger partial charge on any atom is 0.255 e. The Hall–Kier alpha value is -3.39. The van der Waals surface area contributed by atoms with Crippen molar-refractivity contribution in [1.29, 1.82) is 0 Å². The molecule has 0 radical (unpaired) electrons. The number of aldehydes is 3. The zero-order valence-corrected chi connectivity index (χ0v) is 22.9. The van der Waals surface area contributed by atoms with E-state index >= 15 is 0 Å². The Kier molecular flexibility index (Phi) is 16.1. The minimum absolute atomic E-state index is 0.185. The quantitative estimate of drug-likeness (QED) is 0.197. The van der Waals surface area contributed by atoms with Gasteiger partial charge in [-0.2, -0.15) is 0 Å². The molecule has 1 aromatic carbocycles. The van der Waals surface area contributed by atoms with Crippen LogP contribution in [0.15, 0.2) is 36.5 Å². The minimum Gasteiger partial charge on any atom is -0.333 e. The molecule has 2 N–H and O–H groups in total. The average molecular weight is 543 g/mol. The Balaban J connectivity index is 0.000000924. The number of hydrogen-bond donors (Lipinski definition) is 1. The van der Waals surface area contributed by atoms with Gasteiger partial charge in [0.2, 0.25) is 0 Å². The van der Waals surface area contributed by atoms with Gasteiger partial charge < -0.3 is 20.2 Å². The lowest BCUT2D eigenvalue weighted by molar-refractivity contribution is -0.112. The SMILES string of the molecule is CN.CN(C)SF.O=CCCC(C=O)N1Cc2c(C#CCCCCc3ccc(C=O)cn3)cccc2C1=O. The smallest absolute Gasteiger partial charge is 0.255 e. The molecule has 8 nitrogen and oxygen atoms in total. The minimum atomic E-state index is -0.597. The van der Waals surface area contributed by atoms with Gasteiger partial charge in [-0.25, -0.2) is 4.31 Å². The number of unbranched alkanes of at least 4 members (excludes halogenated alkanes) is 2. The van der Waals surface area contributed by atoms with Gasteiger partial charge in [0, 0.05) is 48.0 Å². The second-order valence-electron chi connectivity index (χ2n) is 8.30. The van der Waals surface area contributed by atoms with Crippen molar-refractivity contribution >= 4 is 37.1 Å². The van der Waals surface area contributed by atoms with Crippen LogP contribution in [0, 0.1) is 11.8 Å². The average Bonchev–Trinajstić information content (AvgIpc) is 3.29. The summed E-state index contributed by atoms with van der Waals surface area (Å²) in [7, 11) is 4.79. The van der Waals surface area contributed by atoms with Crippen molar-refractivity contribution in [2.24, 2.45) is 5.73 Å². The molecule has 1 aliphatic heterocycles. The third-order valence-electron chi connectivity index (χ3n) is 5.46. The van der Waals surface area contributed by atoms with Crippen LogP contribution < -0.4 is 5.73 Å². The first-order valence-electron chi connectivity index (χ1n) is 12.2. The van der Waals surface area contributed by atoms with Crippen LogP contribution in [0.25, 0.3) is 0 Å². The van der Waals surface area contributed by atoms with Crippen LogP contribution in [0.2, 0.25) is 0 Å². The van der Waals surface area contributed by atoms with Crippen molar-refractivity contribution < 1.29 is 23.1 Å². The number of rotatable bonds is 11. The number of amides is 1. The molecule has 1 amide bonds. The van der Waals surface area contributed by atoms with E-state index in [4.69, 9.17) is 0 Å². The van der Waals surface area contributed by atoms with Gasteiger partial charge in [0.1, 0.15) is 24.9 Å². The number of aromatic nitrogens is 1. The van der Waals surface area contributed by atoms with E-state index < -0.39 is 6.04 Å². The van der Waals surface area contributed by atoms with Gasteiger partial charge in [-0.05, 0) is 76.7 Å². The summed E-state index contributed by atoms with van der Waals surface area (Å²) in [6.45, 7) is 0.337. The Morgan fingerprint density at radius 2 is 1.92 bits per heavy atom. The third-order valence-corrected chi connectivity index (χ3v) is 5.74. The van der Waals surface area contributed by atoms with E-state index in [-0.39, 0.29) is 24.7 Å². The number of carbonyl (C=O) groups is 4. The van der Waals surface area contributed by atoms with Crippen LogP contribution in [0.1, 0.15) is 69.6 Å². The maximum atomic E-state index is 12.7. The maximum absolute atomic E-state index is 12.7. The topological polar surface area (TPSA) is 114 Å². The van der Waals surface area contributed by atoms with Crippen molar-refractivity contribution in [1.82, 2.24) is 14.2 Å². The molecule has 1 unspecified atom stereocenters. The number of nitrogens with zero attached hydrogens (tertiary/aromatic N) is 3. The predicted molar refractivity (Wildman–Crippen MR) is 148 cm³/mol. The van der Waals surface area contributed by atoms with Gasteiger partial charge in [0.25, 0.3) is 5.91 Å². The highest BCUT2D eigenvalue weighted by molar-refractivity contribution is 7.91. The summed E-state index contributed by atoms with van der Waals surface area (Å²) < 4.78 is 12.3. The first kappa shape index (κ1) is 32.6. The third kappa shape index (κ3) is 10.5. The summed E-state index contributed by atoms with van der Waals surface area (Å²) in [5, 5.41) is 0. The molecule has 0 spiro atoms. The fourth-order valence-corrected chi connectivity index (χ4v) is 3.61. The number of benzene rings is 1. The molecule has 0 aliphatic carbocycles. The molecule has 2 heterocycles. The molecule has 1 aliphatic rings. The molecule has 3 rings (SSSR count). The summed E-state index contributed by atoms with van der Waals surface area (Å²) in [6, 6.07) is 8.49. The molecule has 0 bridgehead atoms. The van der Waals surface area contributed by atoms with Crippen LogP contribution in [-0.4, -0.2) is 66.1 Å². The van der Waals surface area contributed by atoms with Crippen molar-refractivity contribution in [3.63, 3.8) is 0 Å². The van der Waals surface area contributed by atoms with Gasteiger partial charge in [-0.1, -0.05) is 17.9 Å². The predicted octanol–water partition coefficient (Wildman–Crippen LogP) is 3.82. The highest BCUT2D eigenvalue weighted by Crippen LogP contribution is 2.28. The number of fused-ring (bicyclic) bond motifs is 1. The van der Waals surface area contributed by atoms with Crippen LogP contribution >= 0.6 is 12.3 Å². The van der Waals surface area contributed by atoms with E-state index in [1.54, 1.807) is 38.5 Å². The molecule has 2 aromatic rings. The Labute approximate surface area is 228 Å². The number of nitrogens with two attached hydrogens (primary N) is 1. The number of aryl methyl sites for hydroxylation is 1. The fourth-order valence-electron chi connectivity index (χ4n) is 3.61. The van der Waals surface area contributed by atoms with E-state index in [1.807, 2.05) is 12.1 Å². The van der Waals surface area contributed by atoms with Gasteiger partial charge in [0.15, 0.2) is 6.29 Å². The number of pyridine rings is 1. The van der Waals surface area contributed by atoms with Crippen molar-refractivity contribution in [2.75, 3.05) is 21.1 Å². The molecule has 0 saturated heterocycles. The second-order valence-corrected chi connectivity index (χ2v) is 9.17. The van der Waals surface area contributed by atoms with E-state index in [0.717, 1.165) is 61.4 Å². The van der Waals surface area contributed by atoms with Crippen LogP contribution in [0.4, 0.5) is 3.89 Å². The lowest BCUT2D eigenvalue weighted by Crippen LogP contribution is -2.36. The van der Waals surface area contributed by atoms with Crippen LogP contribution in [0.3, 0.4) is 0 Å². The number of hydrogen-bond acceptors (Lipinski definition) is 8. The molecule has 10 heteroatoms. The second kappa shape index (κ2) is 18.8. The van der Waals surface area contributed by atoms with Gasteiger partial charge in [-0.3, -0.25) is 14.6 Å². The first-order valence-corrected chi connectivity index (χ1v) is 12.9. The molecule has 204 valence electrons. The summed E-state index contributed by atoms with van der Waals surface area (Å²) >= 11 is 0.213. The van der Waals surface area contributed by atoms with E-state index in [2.05, 4.69) is 22.6 Å². The Bertz CT molecular complexity index is 1100. The Morgan fingerprint density at radius 1 is 1.18 bits per heavy atom. The largest absolute Gasteiger partial charge is 0.333 e. The molecular formula is C28H35FN4O4S. The molecule has 0 fully saturated rings. The first-order chi connectivity index (χ1) is 18.4. The number of halogens is 1. The van der Waals surface area contributed by atoms with E-state index in [1.165, 1.54) is 16.3 Å². The van der Waals surface area contributed by atoms with Gasteiger partial charge in [-0.15, -0.1) is 3.89 Å². The summed E-state index contributed by atoms with van der Waals surface area (Å²) in [5.41, 5.74) is 8.26. The summed E-state index contributed by atoms with van der Waals surface area (Å²) in [4.78, 5) is 51.2. The highest BCUT2D eigenvalue weighted by atomic mass is 32.2. The van der Waals surface area contributed by atoms with Crippen molar-refractivity contribution in [3.8, 4) is 11.8 Å². The van der Waals surface area contributed by atoms with Crippen molar-refractivity contribution in [2.45, 2.75) is 51.1 Å². The van der Waals surface area contributed by atoms with E-state index in [9.17, 15) is 23.1 Å². The molecule has 0 saturated carbocycles. The standard InChI is InChI=1S/C25H24N2O4.C2H6FNS.CH5N/c28-14-6-10-22(18-30)27-16-24-20(8-5-11-23(24)25(27)31)7-3-1-2-4-9-21-13-12-19(17-29)15-26-21;1-4(2)5-3;1-2/h5,8,11-15,17-18,22H,1-2,4,6,9-10,16H2;1-2H3;2H2,1H3. The Morgan fingerprint density at radius 3 is 2.50 bits per heavy atom. The lowest BCUT2D eigenvalue weighted by atomic mass is 10.0. The zero-order chi connectivity index (χ0) is 28.3. The normalized spacial score (nSPS) is 12.2.